The van der Waals surface area contributed by atoms with Crippen LogP contribution in [-0.4, -0.2) is 24.7 Å². The van der Waals surface area contributed by atoms with E-state index in [4.69, 9.17) is 4.74 Å². The molecular formula is C23H20N2O3S. The number of hydrogen-bond acceptors (Lipinski definition) is 4. The van der Waals surface area contributed by atoms with Gasteiger partial charge >= 0.3 is 0 Å². The molecule has 0 aliphatic carbocycles. The van der Waals surface area contributed by atoms with Crippen LogP contribution in [-0.2, 0) is 4.79 Å². The highest BCUT2D eigenvalue weighted by Crippen LogP contribution is 2.41. The van der Waals surface area contributed by atoms with Crippen LogP contribution in [0.1, 0.15) is 21.3 Å². The molecule has 1 N–H and O–H groups in total. The Morgan fingerprint density at radius 1 is 1.00 bits per heavy atom. The minimum atomic E-state index is -0.230. The molecule has 1 fully saturated rings. The SMILES string of the molecule is COc1ccccc1C(=O)Nc1ccc(C2SCC(=O)N2c2ccccc2)cc1. The van der Waals surface area contributed by atoms with Crippen LogP contribution < -0.4 is 15.0 Å². The quantitative estimate of drug-likeness (QED) is 0.668. The van der Waals surface area contributed by atoms with E-state index in [1.807, 2.05) is 65.6 Å². The summed E-state index contributed by atoms with van der Waals surface area (Å²) in [5.41, 5.74) is 3.07. The maximum atomic E-state index is 12.6. The second-order valence-corrected chi connectivity index (χ2v) is 7.61. The minimum absolute atomic E-state index is 0.0798. The molecule has 0 saturated carbocycles. The Bertz CT molecular complexity index is 1020. The Morgan fingerprint density at radius 3 is 2.41 bits per heavy atom. The number of thioether (sulfide) groups is 1. The largest absolute Gasteiger partial charge is 0.496 e. The van der Waals surface area contributed by atoms with Gasteiger partial charge in [-0.25, -0.2) is 0 Å². The molecule has 0 spiro atoms. The van der Waals surface area contributed by atoms with Crippen molar-refractivity contribution in [1.29, 1.82) is 0 Å². The number of nitrogens with one attached hydrogen (secondary N) is 1. The van der Waals surface area contributed by atoms with E-state index in [9.17, 15) is 9.59 Å². The van der Waals surface area contributed by atoms with E-state index in [0.717, 1.165) is 11.3 Å². The number of nitrogens with zero attached hydrogens (tertiary/aromatic N) is 1. The molecule has 1 unspecified atom stereocenters. The zero-order valence-corrected chi connectivity index (χ0v) is 16.7. The van der Waals surface area contributed by atoms with Crippen molar-refractivity contribution in [2.45, 2.75) is 5.37 Å². The molecule has 0 bridgehead atoms. The molecule has 1 aliphatic heterocycles. The maximum absolute atomic E-state index is 12.6. The lowest BCUT2D eigenvalue weighted by molar-refractivity contribution is -0.115. The number of para-hydroxylation sites is 2. The van der Waals surface area contributed by atoms with Crippen LogP contribution in [0.25, 0.3) is 0 Å². The summed E-state index contributed by atoms with van der Waals surface area (Å²) in [5.74, 6) is 0.846. The predicted molar refractivity (Wildman–Crippen MR) is 117 cm³/mol. The van der Waals surface area contributed by atoms with Crippen molar-refractivity contribution in [1.82, 2.24) is 0 Å². The van der Waals surface area contributed by atoms with Gasteiger partial charge < -0.3 is 10.1 Å². The average Bonchev–Trinajstić information content (AvgIpc) is 3.16. The van der Waals surface area contributed by atoms with Gasteiger partial charge in [0.05, 0.1) is 18.4 Å². The molecule has 3 aromatic carbocycles. The number of hydrogen-bond donors (Lipinski definition) is 1. The van der Waals surface area contributed by atoms with E-state index in [1.54, 1.807) is 37.1 Å². The van der Waals surface area contributed by atoms with E-state index in [1.165, 1.54) is 0 Å². The summed E-state index contributed by atoms with van der Waals surface area (Å²) in [6.45, 7) is 0. The van der Waals surface area contributed by atoms with Gasteiger partial charge in [-0.2, -0.15) is 0 Å². The molecule has 146 valence electrons. The van der Waals surface area contributed by atoms with E-state index >= 15 is 0 Å². The van der Waals surface area contributed by atoms with Gasteiger partial charge in [0.25, 0.3) is 5.91 Å². The number of amides is 2. The van der Waals surface area contributed by atoms with Crippen LogP contribution in [0.15, 0.2) is 78.9 Å². The molecule has 1 heterocycles. The molecule has 1 aliphatic rings. The van der Waals surface area contributed by atoms with Gasteiger partial charge in [-0.05, 0) is 42.0 Å². The van der Waals surface area contributed by atoms with Crippen molar-refractivity contribution in [3.05, 3.63) is 90.0 Å². The lowest BCUT2D eigenvalue weighted by atomic mass is 10.1. The first-order valence-electron chi connectivity index (χ1n) is 9.20. The van der Waals surface area contributed by atoms with Gasteiger partial charge in [-0.15, -0.1) is 11.8 Å². The fourth-order valence-electron chi connectivity index (χ4n) is 3.30. The van der Waals surface area contributed by atoms with Crippen molar-refractivity contribution in [3.8, 4) is 5.75 Å². The van der Waals surface area contributed by atoms with Crippen molar-refractivity contribution >= 4 is 35.0 Å². The second kappa shape index (κ2) is 8.41. The maximum Gasteiger partial charge on any atom is 0.259 e. The van der Waals surface area contributed by atoms with E-state index in [-0.39, 0.29) is 17.2 Å². The van der Waals surface area contributed by atoms with Crippen molar-refractivity contribution < 1.29 is 14.3 Å². The number of anilines is 2. The third-order valence-electron chi connectivity index (χ3n) is 4.71. The van der Waals surface area contributed by atoms with Gasteiger partial charge in [-0.1, -0.05) is 42.5 Å². The fraction of sp³-hybridized carbons (Fsp3) is 0.130. The first kappa shape index (κ1) is 19.1. The second-order valence-electron chi connectivity index (χ2n) is 6.54. The van der Waals surface area contributed by atoms with Crippen molar-refractivity contribution in [2.24, 2.45) is 0 Å². The van der Waals surface area contributed by atoms with Crippen LogP contribution in [0.5, 0.6) is 5.75 Å². The van der Waals surface area contributed by atoms with E-state index in [2.05, 4.69) is 5.32 Å². The zero-order chi connectivity index (χ0) is 20.2. The number of rotatable bonds is 5. The summed E-state index contributed by atoms with van der Waals surface area (Å²) < 4.78 is 5.25. The molecule has 29 heavy (non-hydrogen) atoms. The summed E-state index contributed by atoms with van der Waals surface area (Å²) in [4.78, 5) is 26.8. The Hall–Kier alpha value is -3.25. The first-order valence-corrected chi connectivity index (χ1v) is 10.3. The van der Waals surface area contributed by atoms with Gasteiger partial charge in [0, 0.05) is 11.4 Å². The summed E-state index contributed by atoms with van der Waals surface area (Å²) in [6, 6.07) is 24.4. The smallest absolute Gasteiger partial charge is 0.259 e. The summed E-state index contributed by atoms with van der Waals surface area (Å²) >= 11 is 1.60. The third kappa shape index (κ3) is 3.98. The predicted octanol–water partition coefficient (Wildman–Crippen LogP) is 4.73. The molecule has 5 nitrogen and oxygen atoms in total. The van der Waals surface area contributed by atoms with Crippen molar-refractivity contribution in [3.63, 3.8) is 0 Å². The van der Waals surface area contributed by atoms with Crippen LogP contribution in [0, 0.1) is 0 Å². The summed E-state index contributed by atoms with van der Waals surface area (Å²) in [7, 11) is 1.54. The van der Waals surface area contributed by atoms with E-state index in [0.29, 0.717) is 22.8 Å². The Balaban J connectivity index is 1.52. The third-order valence-corrected chi connectivity index (χ3v) is 5.92. The summed E-state index contributed by atoms with van der Waals surface area (Å²) in [5, 5.41) is 2.82. The lowest BCUT2D eigenvalue weighted by Crippen LogP contribution is -2.27. The van der Waals surface area contributed by atoms with E-state index < -0.39 is 0 Å². The number of carbonyl (C=O) groups is 2. The normalized spacial score (nSPS) is 16.0. The first-order chi connectivity index (χ1) is 14.2. The van der Waals surface area contributed by atoms with Crippen LogP contribution >= 0.6 is 11.8 Å². The molecular weight excluding hydrogens is 384 g/mol. The van der Waals surface area contributed by atoms with Gasteiger partial charge in [0.2, 0.25) is 5.91 Å². The molecule has 1 saturated heterocycles. The molecule has 0 aromatic heterocycles. The molecule has 6 heteroatoms. The van der Waals surface area contributed by atoms with Crippen LogP contribution in [0.2, 0.25) is 0 Å². The van der Waals surface area contributed by atoms with Gasteiger partial charge in [0.15, 0.2) is 0 Å². The van der Waals surface area contributed by atoms with Gasteiger partial charge in [-0.3, -0.25) is 14.5 Å². The lowest BCUT2D eigenvalue weighted by Gasteiger charge is -2.24. The Kier molecular flexibility index (Phi) is 5.53. The topological polar surface area (TPSA) is 58.6 Å². The highest BCUT2D eigenvalue weighted by Gasteiger charge is 2.33. The number of methoxy groups -OCH3 is 1. The highest BCUT2D eigenvalue weighted by molar-refractivity contribution is 8.00. The zero-order valence-electron chi connectivity index (χ0n) is 15.9. The van der Waals surface area contributed by atoms with Crippen LogP contribution in [0.4, 0.5) is 11.4 Å². The highest BCUT2D eigenvalue weighted by atomic mass is 32.2. The van der Waals surface area contributed by atoms with Crippen LogP contribution in [0.3, 0.4) is 0 Å². The van der Waals surface area contributed by atoms with Gasteiger partial charge in [0.1, 0.15) is 11.1 Å². The number of carbonyl (C=O) groups excluding carboxylic acids is 2. The standard InChI is InChI=1S/C23H20N2O3S/c1-28-20-10-6-5-9-19(20)22(27)24-17-13-11-16(12-14-17)23-25(21(26)15-29-23)18-7-3-2-4-8-18/h2-14,23H,15H2,1H3,(H,24,27). The average molecular weight is 404 g/mol. The number of benzene rings is 3. The molecule has 4 rings (SSSR count). The molecule has 1 atom stereocenters. The van der Waals surface area contributed by atoms with Crippen molar-refractivity contribution in [2.75, 3.05) is 23.1 Å². The monoisotopic (exact) mass is 404 g/mol. The molecule has 2 amide bonds. The Labute approximate surface area is 173 Å². The molecule has 0 radical (unpaired) electrons. The Morgan fingerprint density at radius 2 is 1.69 bits per heavy atom. The minimum Gasteiger partial charge on any atom is -0.496 e. The summed E-state index contributed by atoms with van der Waals surface area (Å²) in [6.07, 6.45) is 0. The fourth-order valence-corrected chi connectivity index (χ4v) is 4.48. The molecule has 3 aromatic rings. The number of ether oxygens (including phenoxy) is 1.